The molecule has 0 radical (unpaired) electrons. The number of rotatable bonds is 7. The summed E-state index contributed by atoms with van der Waals surface area (Å²) in [7, 11) is 0. The molecule has 0 saturated carbocycles. The molecule has 0 unspecified atom stereocenters. The van der Waals surface area contributed by atoms with Crippen molar-refractivity contribution in [1.82, 2.24) is 4.98 Å². The molecular formula is C27H33Cl3IK2N5O2S4. The number of nitrogens with zero attached hydrogens (tertiary/aromatic N) is 3. The summed E-state index contributed by atoms with van der Waals surface area (Å²) in [5.41, 5.74) is 7.16. The van der Waals surface area contributed by atoms with E-state index in [4.69, 9.17) is 47.1 Å². The molecule has 1 heterocycles. The zero-order chi connectivity index (χ0) is 30.5. The predicted molar refractivity (Wildman–Crippen MR) is 200 cm³/mol. The zero-order valence-corrected chi connectivity index (χ0v) is 37.3. The molecule has 17 heteroatoms. The van der Waals surface area contributed by atoms with Crippen LogP contribution in [0.3, 0.4) is 0 Å². The third kappa shape index (κ3) is 25.8. The summed E-state index contributed by atoms with van der Waals surface area (Å²) in [6, 6.07) is 14.3. The van der Waals surface area contributed by atoms with Gasteiger partial charge in [0.15, 0.2) is 10.1 Å². The number of hydrogen-bond acceptors (Lipinski definition) is 9. The molecule has 0 aliphatic rings. The number of ketones is 1. The summed E-state index contributed by atoms with van der Waals surface area (Å²) in [4.78, 5) is 30.2. The maximum Gasteiger partial charge on any atom is 1.00 e. The fraction of sp³-hybridized carbons (Fsp3) is 0.296. The van der Waals surface area contributed by atoms with E-state index >= 15 is 0 Å². The van der Waals surface area contributed by atoms with E-state index in [1.165, 1.54) is 15.8 Å². The number of nitrogens with two attached hydrogens (primary N) is 1. The summed E-state index contributed by atoms with van der Waals surface area (Å²) in [6.07, 6.45) is 0.323. The number of Topliss-reactive ketones (excluding diaryl/α,β-unsaturated/α-hetero) is 1. The van der Waals surface area contributed by atoms with Crippen molar-refractivity contribution in [3.8, 4) is 0 Å². The van der Waals surface area contributed by atoms with E-state index in [2.05, 4.69) is 75.1 Å². The van der Waals surface area contributed by atoms with E-state index in [0.29, 0.717) is 27.0 Å². The van der Waals surface area contributed by atoms with E-state index in [1.54, 1.807) is 42.1 Å². The Morgan fingerprint density at radius 2 is 1.61 bits per heavy atom. The number of nitrogen functional groups attached to an aromatic ring is 1. The van der Waals surface area contributed by atoms with Gasteiger partial charge in [0, 0.05) is 16.5 Å². The normalized spacial score (nSPS) is 8.39. The van der Waals surface area contributed by atoms with Crippen LogP contribution in [0.25, 0.3) is 4.95 Å². The van der Waals surface area contributed by atoms with Crippen LogP contribution in [-0.2, 0) is 36.5 Å². The summed E-state index contributed by atoms with van der Waals surface area (Å²) in [5.74, 6) is 0.894. The van der Waals surface area contributed by atoms with Crippen LogP contribution >= 0.6 is 80.5 Å². The van der Waals surface area contributed by atoms with Gasteiger partial charge in [-0.3, -0.25) is 9.59 Å². The van der Waals surface area contributed by atoms with Crippen LogP contribution in [0.15, 0.2) is 58.0 Å². The van der Waals surface area contributed by atoms with Crippen molar-refractivity contribution in [3.63, 3.8) is 0 Å². The van der Waals surface area contributed by atoms with Gasteiger partial charge in [0.1, 0.15) is 10.7 Å². The topological polar surface area (TPSA) is 102 Å². The molecule has 0 spiro atoms. The SMILES string of the molecule is C.C.CCI.CCSc1nc(N)c(C(=O)Nc2ccccc2Cl)s1.O=C(CCl)Cc1ccccc1Cl.[C-]#[N+]N=C([S-])[S-].[K+].[K+]. The third-order valence-electron chi connectivity index (χ3n) is 3.86. The maximum atomic E-state index is 12.1. The van der Waals surface area contributed by atoms with Crippen molar-refractivity contribution >= 4 is 133 Å². The Labute approximate surface area is 395 Å². The van der Waals surface area contributed by atoms with Gasteiger partial charge in [-0.05, 0) is 33.9 Å². The van der Waals surface area contributed by atoms with Gasteiger partial charge in [0.05, 0.1) is 16.6 Å². The Kier molecular flexibility index (Phi) is 43.6. The van der Waals surface area contributed by atoms with Gasteiger partial charge >= 0.3 is 103 Å². The minimum atomic E-state index is -0.286. The molecular weight excluding hydrogens is 866 g/mol. The van der Waals surface area contributed by atoms with Crippen molar-refractivity contribution in [2.45, 2.75) is 39.5 Å². The largest absolute Gasteiger partial charge is 1.00 e. The van der Waals surface area contributed by atoms with Crippen LogP contribution in [0.1, 0.15) is 43.9 Å². The molecule has 3 rings (SSSR count). The van der Waals surface area contributed by atoms with E-state index in [9.17, 15) is 9.59 Å². The number of para-hydroxylation sites is 1. The Balaban J connectivity index is -0.000000176. The molecule has 0 saturated heterocycles. The number of benzene rings is 2. The first kappa shape index (κ1) is 55.3. The fourth-order valence-corrected chi connectivity index (χ4v) is 4.77. The summed E-state index contributed by atoms with van der Waals surface area (Å²) < 4.78 is 1.99. The molecule has 0 bridgehead atoms. The van der Waals surface area contributed by atoms with E-state index in [1.807, 2.05) is 25.1 Å². The maximum absolute atomic E-state index is 12.1. The molecule has 3 aromatic rings. The van der Waals surface area contributed by atoms with E-state index in [-0.39, 0.29) is 145 Å². The van der Waals surface area contributed by atoms with Gasteiger partial charge in [-0.25, -0.2) is 4.98 Å². The van der Waals surface area contributed by atoms with Crippen LogP contribution in [0.2, 0.25) is 10.0 Å². The molecule has 44 heavy (non-hydrogen) atoms. The molecule has 0 atom stereocenters. The second-order valence-electron chi connectivity index (χ2n) is 6.73. The average molecular weight is 899 g/mol. The van der Waals surface area contributed by atoms with Gasteiger partial charge in [-0.1, -0.05) is 117 Å². The fourth-order valence-electron chi connectivity index (χ4n) is 2.34. The van der Waals surface area contributed by atoms with Crippen molar-refractivity contribution in [2.75, 3.05) is 27.1 Å². The number of amides is 1. The minimum Gasteiger partial charge on any atom is -0.782 e. The number of anilines is 2. The molecule has 232 valence electrons. The molecule has 1 amide bonds. The number of thioether (sulfide) groups is 1. The van der Waals surface area contributed by atoms with E-state index < -0.39 is 0 Å². The van der Waals surface area contributed by atoms with Crippen LogP contribution in [0.5, 0.6) is 0 Å². The molecule has 0 aliphatic carbocycles. The van der Waals surface area contributed by atoms with Gasteiger partial charge in [-0.2, -0.15) is 10.9 Å². The standard InChI is InChI=1S/C12H12ClN3OS2.C9H8Cl2O.C2H5I.C2H2N2S2.2CH4.2K/c1-2-18-12-16-10(14)9(19-12)11(17)15-8-6-4-3-5-7(8)13;10-6-8(12)5-7-3-1-2-4-9(7)11;1-2-3;1-3-4-2(5)6;;;;/h3-6H,2,14H2,1H3,(H,15,17);1-4H,5-6H2;2H2,1H3;(H2,4,5,6);2*1H4;;/q;;;;;;2*+1/p-2. The molecule has 0 fully saturated rings. The number of nitrogens with one attached hydrogen (secondary N) is 1. The number of halogens is 4. The van der Waals surface area contributed by atoms with Crippen molar-refractivity contribution in [1.29, 1.82) is 0 Å². The average Bonchev–Trinajstić information content (AvgIpc) is 3.28. The smallest absolute Gasteiger partial charge is 0.782 e. The van der Waals surface area contributed by atoms with Gasteiger partial charge in [0.25, 0.3) is 5.91 Å². The number of aromatic nitrogens is 1. The zero-order valence-electron chi connectivity index (χ0n) is 23.3. The quantitative estimate of drug-likeness (QED) is 0.0432. The van der Waals surface area contributed by atoms with Gasteiger partial charge < -0.3 is 36.3 Å². The predicted octanol–water partition coefficient (Wildman–Crippen LogP) is 3.43. The Morgan fingerprint density at radius 1 is 1.09 bits per heavy atom. The van der Waals surface area contributed by atoms with Crippen molar-refractivity contribution in [2.24, 2.45) is 5.10 Å². The third-order valence-corrected chi connectivity index (χ3v) is 7.11. The molecule has 0 aliphatic heterocycles. The van der Waals surface area contributed by atoms with E-state index in [0.717, 1.165) is 15.7 Å². The van der Waals surface area contributed by atoms with Crippen LogP contribution in [0, 0.1) is 6.57 Å². The number of carbonyl (C=O) groups excluding carboxylic acids is 2. The number of hydrogen-bond donors (Lipinski definition) is 2. The molecule has 2 aromatic carbocycles. The Bertz CT molecular complexity index is 1300. The Hall–Kier alpha value is 1.83. The molecule has 1 aromatic heterocycles. The number of thiazole rings is 1. The summed E-state index contributed by atoms with van der Waals surface area (Å²) >= 11 is 30.8. The number of carbonyl (C=O) groups is 2. The van der Waals surface area contributed by atoms with Crippen LogP contribution in [0.4, 0.5) is 11.5 Å². The monoisotopic (exact) mass is 897 g/mol. The van der Waals surface area contributed by atoms with Crippen molar-refractivity contribution in [3.05, 3.63) is 80.5 Å². The minimum absolute atomic E-state index is 0. The number of alkyl halides is 2. The molecule has 3 N–H and O–H groups in total. The second-order valence-corrected chi connectivity index (χ2v) is 12.9. The summed E-state index contributed by atoms with van der Waals surface area (Å²) in [6.45, 7) is 10.2. The second kappa shape index (κ2) is 34.7. The van der Waals surface area contributed by atoms with Crippen LogP contribution < -0.4 is 114 Å². The molecule has 7 nitrogen and oxygen atoms in total. The van der Waals surface area contributed by atoms with Crippen molar-refractivity contribution < 1.29 is 112 Å². The first-order valence-electron chi connectivity index (χ1n) is 11.1. The first-order chi connectivity index (χ1) is 19.0. The first-order valence-corrected chi connectivity index (χ1v) is 16.6. The Morgan fingerprint density at radius 3 is 2.05 bits per heavy atom. The van der Waals surface area contributed by atoms with Gasteiger partial charge in [0.2, 0.25) is 0 Å². The summed E-state index contributed by atoms with van der Waals surface area (Å²) in [5, 5.41) is 6.81. The van der Waals surface area contributed by atoms with Crippen LogP contribution in [-0.4, -0.2) is 37.1 Å². The van der Waals surface area contributed by atoms with Gasteiger partial charge in [-0.15, -0.1) is 27.9 Å².